The molecule has 0 radical (unpaired) electrons. The highest BCUT2D eigenvalue weighted by molar-refractivity contribution is 6.30. The highest BCUT2D eigenvalue weighted by Crippen LogP contribution is 2.50. The zero-order chi connectivity index (χ0) is 20.9. The van der Waals surface area contributed by atoms with E-state index in [1.165, 1.54) is 0 Å². The number of benzene rings is 3. The van der Waals surface area contributed by atoms with Crippen LogP contribution in [0.2, 0.25) is 10.0 Å². The smallest absolute Gasteiger partial charge is 0.226 e. The monoisotopic (exact) mass is 446 g/mol. The lowest BCUT2D eigenvalue weighted by molar-refractivity contribution is 0.223. The molecular formula is C24H16Cl2N4O. The minimum atomic E-state index is -0.353. The van der Waals surface area contributed by atoms with Crippen LogP contribution in [0.1, 0.15) is 28.8 Å². The molecule has 0 fully saturated rings. The average Bonchev–Trinajstić information content (AvgIpc) is 3.26. The van der Waals surface area contributed by atoms with Crippen molar-refractivity contribution in [2.75, 3.05) is 5.32 Å². The number of nitrogens with one attached hydrogen (secondary N) is 1. The molecule has 0 saturated carbocycles. The van der Waals surface area contributed by atoms with Crippen LogP contribution in [0.3, 0.4) is 0 Å². The molecule has 5 nitrogen and oxygen atoms in total. The maximum absolute atomic E-state index is 6.57. The Labute approximate surface area is 188 Å². The first kappa shape index (κ1) is 18.5. The molecule has 2 aliphatic rings. The maximum Gasteiger partial charge on any atom is 0.226 e. The molecule has 2 aliphatic heterocycles. The number of rotatable bonds is 2. The third-order valence-corrected chi connectivity index (χ3v) is 6.15. The minimum Gasteiger partial charge on any atom is -0.480 e. The second-order valence-corrected chi connectivity index (χ2v) is 8.36. The topological polar surface area (TPSA) is 52.0 Å². The molecule has 0 aliphatic carbocycles. The Morgan fingerprint density at radius 3 is 2.55 bits per heavy atom. The van der Waals surface area contributed by atoms with Crippen LogP contribution < -0.4 is 10.1 Å². The largest absolute Gasteiger partial charge is 0.480 e. The van der Waals surface area contributed by atoms with Crippen LogP contribution in [0.5, 0.6) is 5.75 Å². The first-order valence-electron chi connectivity index (χ1n) is 9.86. The Balaban J connectivity index is 1.63. The number of anilines is 1. The van der Waals surface area contributed by atoms with Crippen molar-refractivity contribution in [1.29, 1.82) is 0 Å². The van der Waals surface area contributed by atoms with Gasteiger partial charge in [0.15, 0.2) is 0 Å². The molecule has 1 N–H and O–H groups in total. The third-order valence-electron chi connectivity index (χ3n) is 5.66. The van der Waals surface area contributed by atoms with Gasteiger partial charge >= 0.3 is 0 Å². The van der Waals surface area contributed by atoms with Crippen LogP contribution in [0.25, 0.3) is 5.70 Å². The lowest BCUT2D eigenvalue weighted by atomic mass is 9.84. The first-order valence-corrected chi connectivity index (χ1v) is 10.6. The molecule has 0 bridgehead atoms. The maximum atomic E-state index is 6.57. The number of fused-ring (bicyclic) bond motifs is 3. The van der Waals surface area contributed by atoms with Crippen LogP contribution in [0, 0.1) is 0 Å². The minimum absolute atomic E-state index is 0.219. The molecule has 7 heteroatoms. The van der Waals surface area contributed by atoms with Gasteiger partial charge in [-0.25, -0.2) is 4.68 Å². The van der Waals surface area contributed by atoms with Crippen LogP contribution >= 0.6 is 23.2 Å². The summed E-state index contributed by atoms with van der Waals surface area (Å²) in [6.07, 6.45) is 1.21. The molecule has 31 heavy (non-hydrogen) atoms. The van der Waals surface area contributed by atoms with Gasteiger partial charge in [0.2, 0.25) is 5.95 Å². The molecule has 6 rings (SSSR count). The average molecular weight is 447 g/mol. The number of ether oxygens (including phenoxy) is 1. The number of halogens is 2. The number of nitrogens with zero attached hydrogens (tertiary/aromatic N) is 3. The normalized spacial score (nSPS) is 19.0. The van der Waals surface area contributed by atoms with Crippen LogP contribution in [-0.2, 0) is 0 Å². The molecular weight excluding hydrogens is 431 g/mol. The van der Waals surface area contributed by atoms with Crippen molar-refractivity contribution >= 4 is 34.8 Å². The molecule has 152 valence electrons. The van der Waals surface area contributed by atoms with Crippen molar-refractivity contribution in [3.05, 3.63) is 111 Å². The van der Waals surface area contributed by atoms with Crippen molar-refractivity contribution < 1.29 is 4.74 Å². The van der Waals surface area contributed by atoms with Gasteiger partial charge < -0.3 is 10.1 Å². The van der Waals surface area contributed by atoms with E-state index in [2.05, 4.69) is 21.5 Å². The lowest BCUT2D eigenvalue weighted by Gasteiger charge is -2.39. The molecule has 0 unspecified atom stereocenters. The van der Waals surface area contributed by atoms with Crippen molar-refractivity contribution in [2.24, 2.45) is 0 Å². The predicted molar refractivity (Wildman–Crippen MR) is 121 cm³/mol. The Morgan fingerprint density at radius 2 is 1.71 bits per heavy atom. The standard InChI is InChI=1S/C24H16Cl2N4O/c25-16-10-8-14(9-11-16)22-20-21(29-24-27-13-28-30(22)24)18-6-1-2-7-19(18)31-23(20)15-4-3-5-17(26)12-15/h1-13,22-23H,(H,27,28,29)/t22-,23+/m0/s1. The second-order valence-electron chi connectivity index (χ2n) is 7.49. The van der Waals surface area contributed by atoms with E-state index >= 15 is 0 Å². The summed E-state index contributed by atoms with van der Waals surface area (Å²) in [5.41, 5.74) is 5.02. The summed E-state index contributed by atoms with van der Waals surface area (Å²) in [6.45, 7) is 0. The zero-order valence-electron chi connectivity index (χ0n) is 16.2. The fourth-order valence-electron chi connectivity index (χ4n) is 4.33. The Morgan fingerprint density at radius 1 is 0.871 bits per heavy atom. The molecule has 1 aromatic heterocycles. The van der Waals surface area contributed by atoms with Crippen molar-refractivity contribution in [1.82, 2.24) is 14.8 Å². The van der Waals surface area contributed by atoms with Gasteiger partial charge in [0.1, 0.15) is 24.2 Å². The number of hydrogen-bond acceptors (Lipinski definition) is 4. The van der Waals surface area contributed by atoms with Crippen molar-refractivity contribution in [2.45, 2.75) is 12.1 Å². The van der Waals surface area contributed by atoms with E-state index in [0.29, 0.717) is 16.0 Å². The van der Waals surface area contributed by atoms with Crippen LogP contribution in [0.15, 0.2) is 84.7 Å². The van der Waals surface area contributed by atoms with E-state index in [9.17, 15) is 0 Å². The molecule has 3 aromatic carbocycles. The molecule has 0 saturated heterocycles. The highest BCUT2D eigenvalue weighted by atomic mass is 35.5. The predicted octanol–water partition coefficient (Wildman–Crippen LogP) is 6.14. The molecule has 0 amide bonds. The molecule has 0 spiro atoms. The second kappa shape index (κ2) is 7.15. The molecule has 4 aromatic rings. The molecule has 3 heterocycles. The molecule has 2 atom stereocenters. The summed E-state index contributed by atoms with van der Waals surface area (Å²) < 4.78 is 8.45. The van der Waals surface area contributed by atoms with Crippen molar-refractivity contribution in [3.63, 3.8) is 0 Å². The third kappa shape index (κ3) is 3.00. The quantitative estimate of drug-likeness (QED) is 0.401. The fourth-order valence-corrected chi connectivity index (χ4v) is 4.65. The highest BCUT2D eigenvalue weighted by Gasteiger charge is 2.40. The summed E-state index contributed by atoms with van der Waals surface area (Å²) >= 11 is 12.5. The van der Waals surface area contributed by atoms with E-state index < -0.39 is 0 Å². The van der Waals surface area contributed by atoms with Crippen molar-refractivity contribution in [3.8, 4) is 5.75 Å². The first-order chi connectivity index (χ1) is 15.2. The summed E-state index contributed by atoms with van der Waals surface area (Å²) in [5, 5.41) is 9.36. The van der Waals surface area contributed by atoms with Crippen LogP contribution in [-0.4, -0.2) is 14.8 Å². The van der Waals surface area contributed by atoms with E-state index in [1.54, 1.807) is 6.33 Å². The summed E-state index contributed by atoms with van der Waals surface area (Å²) in [5.74, 6) is 1.49. The van der Waals surface area contributed by atoms with E-state index in [1.807, 2.05) is 71.4 Å². The summed E-state index contributed by atoms with van der Waals surface area (Å²) in [7, 11) is 0. The van der Waals surface area contributed by atoms with Gasteiger partial charge in [0, 0.05) is 21.2 Å². The van der Waals surface area contributed by atoms with Gasteiger partial charge in [0.05, 0.1) is 5.70 Å². The zero-order valence-corrected chi connectivity index (χ0v) is 17.7. The Bertz CT molecular complexity index is 1330. The van der Waals surface area contributed by atoms with Gasteiger partial charge in [-0.15, -0.1) is 0 Å². The van der Waals surface area contributed by atoms with Gasteiger partial charge in [-0.05, 0) is 47.5 Å². The summed E-state index contributed by atoms with van der Waals surface area (Å²) in [6, 6.07) is 23.4. The summed E-state index contributed by atoms with van der Waals surface area (Å²) in [4.78, 5) is 4.44. The van der Waals surface area contributed by atoms with Gasteiger partial charge in [0.25, 0.3) is 0 Å². The van der Waals surface area contributed by atoms with Crippen LogP contribution in [0.4, 0.5) is 5.95 Å². The lowest BCUT2D eigenvalue weighted by Crippen LogP contribution is -2.32. The van der Waals surface area contributed by atoms with E-state index in [0.717, 1.165) is 33.7 Å². The number of para-hydroxylation sites is 1. The SMILES string of the molecule is Clc1ccc([C@H]2C3=C(Nc4ncnn42)c2ccccc2O[C@@H]3c2cccc(Cl)c2)cc1. The number of aromatic nitrogens is 3. The van der Waals surface area contributed by atoms with Gasteiger partial charge in [-0.1, -0.05) is 59.6 Å². The Hall–Kier alpha value is -3.28. The van der Waals surface area contributed by atoms with Gasteiger partial charge in [-0.2, -0.15) is 10.1 Å². The number of hydrogen-bond donors (Lipinski definition) is 1. The van der Waals surface area contributed by atoms with E-state index in [4.69, 9.17) is 27.9 Å². The van der Waals surface area contributed by atoms with E-state index in [-0.39, 0.29) is 12.1 Å². The van der Waals surface area contributed by atoms with Gasteiger partial charge in [-0.3, -0.25) is 0 Å². The fraction of sp³-hybridized carbons (Fsp3) is 0.0833. The Kier molecular flexibility index (Phi) is 4.26.